The lowest BCUT2D eigenvalue weighted by Crippen LogP contribution is -2.34. The van der Waals surface area contributed by atoms with Crippen molar-refractivity contribution in [2.45, 2.75) is 45.4 Å². The van der Waals surface area contributed by atoms with Crippen molar-refractivity contribution in [2.75, 3.05) is 20.0 Å². The van der Waals surface area contributed by atoms with Crippen LogP contribution in [0, 0.1) is 0 Å². The lowest BCUT2D eigenvalue weighted by atomic mass is 10.1. The molecular formula is C10H29N3O7P2. The molecule has 0 bridgehead atoms. The average Bonchev–Trinajstić information content (AvgIpc) is 2.33. The molecule has 12 heteroatoms. The maximum Gasteiger partial charge on any atom is 0.481 e. The zero-order valence-electron chi connectivity index (χ0n) is 13.6. The van der Waals surface area contributed by atoms with Gasteiger partial charge in [0.2, 0.25) is 0 Å². The minimum absolute atomic E-state index is 0. The van der Waals surface area contributed by atoms with Crippen LogP contribution in [0.1, 0.15) is 45.4 Å². The summed E-state index contributed by atoms with van der Waals surface area (Å²) in [4.78, 5) is 22.5. The highest BCUT2D eigenvalue weighted by Crippen LogP contribution is 2.59. The van der Waals surface area contributed by atoms with Crippen LogP contribution in [0.2, 0.25) is 0 Å². The summed E-state index contributed by atoms with van der Waals surface area (Å²) >= 11 is 0. The molecule has 0 radical (unpaired) electrons. The van der Waals surface area contributed by atoms with Gasteiger partial charge < -0.3 is 26.7 Å². The summed E-state index contributed by atoms with van der Waals surface area (Å²) in [6.45, 7) is 2.70. The minimum Gasteiger partial charge on any atom is -0.789 e. The molecule has 1 heterocycles. The second-order valence-electron chi connectivity index (χ2n) is 4.65. The minimum atomic E-state index is -5.39. The first-order valence-electron chi connectivity index (χ1n) is 6.69. The van der Waals surface area contributed by atoms with Crippen LogP contribution >= 0.6 is 15.6 Å². The van der Waals surface area contributed by atoms with Crippen molar-refractivity contribution in [1.82, 2.24) is 17.2 Å². The van der Waals surface area contributed by atoms with Gasteiger partial charge in [-0.15, -0.1) is 0 Å². The largest absolute Gasteiger partial charge is 0.789 e. The molecule has 0 unspecified atom stereocenters. The van der Waals surface area contributed by atoms with E-state index in [1.807, 2.05) is 0 Å². The molecule has 0 aromatic rings. The zero-order valence-corrected chi connectivity index (χ0v) is 15.4. The molecule has 0 aromatic carbocycles. The standard InChI is InChI=1S/C10H23NO7P2.2H3N/c1-2-3-4-5-6-7-8-11-9-16-20(15,17-10-11)18-19(12,13)14;;/h2-10H2,1H3,(H2,12,13,14);2*1H3. The van der Waals surface area contributed by atoms with Crippen LogP contribution in [0.25, 0.3) is 0 Å². The highest BCUT2D eigenvalue weighted by Gasteiger charge is 2.34. The fraction of sp³-hybridized carbons (Fsp3) is 1.00. The fourth-order valence-corrected chi connectivity index (χ4v) is 3.83. The Morgan fingerprint density at radius 3 is 2.09 bits per heavy atom. The van der Waals surface area contributed by atoms with Gasteiger partial charge in [0.05, 0.1) is 7.82 Å². The van der Waals surface area contributed by atoms with Gasteiger partial charge in [-0.3, -0.25) is 18.3 Å². The molecule has 0 atom stereocenters. The third kappa shape index (κ3) is 10.8. The number of rotatable bonds is 9. The molecular weight excluding hydrogens is 336 g/mol. The summed E-state index contributed by atoms with van der Waals surface area (Å²) < 4.78 is 35.2. The van der Waals surface area contributed by atoms with E-state index >= 15 is 0 Å². The van der Waals surface area contributed by atoms with Gasteiger partial charge in [0.1, 0.15) is 13.5 Å². The Balaban J connectivity index is 0. The molecule has 8 N–H and O–H groups in total. The summed E-state index contributed by atoms with van der Waals surface area (Å²) in [6.07, 6.45) is 6.85. The fourth-order valence-electron chi connectivity index (χ4n) is 1.79. The second kappa shape index (κ2) is 11.6. The van der Waals surface area contributed by atoms with Crippen LogP contribution in [0.15, 0.2) is 0 Å². The molecule has 1 fully saturated rings. The van der Waals surface area contributed by atoms with E-state index in [0.29, 0.717) is 6.54 Å². The second-order valence-corrected chi connectivity index (χ2v) is 7.61. The molecule has 0 aromatic heterocycles. The highest BCUT2D eigenvalue weighted by atomic mass is 31.3. The normalized spacial score (nSPS) is 18.3. The molecule has 0 amide bonds. The third-order valence-corrected chi connectivity index (χ3v) is 5.29. The van der Waals surface area contributed by atoms with Crippen LogP contribution in [-0.4, -0.2) is 24.9 Å². The van der Waals surface area contributed by atoms with Gasteiger partial charge in [-0.05, 0) is 6.42 Å². The maximum atomic E-state index is 11.6. The lowest BCUT2D eigenvalue weighted by molar-refractivity contribution is -0.335. The predicted octanol–water partition coefficient (Wildman–Crippen LogP) is 2.32. The zero-order chi connectivity index (χ0) is 15.1. The molecule has 1 aliphatic rings. The molecule has 0 spiro atoms. The summed E-state index contributed by atoms with van der Waals surface area (Å²) in [5.74, 6) is 0. The smallest absolute Gasteiger partial charge is 0.481 e. The van der Waals surface area contributed by atoms with Gasteiger partial charge in [0, 0.05) is 6.54 Å². The van der Waals surface area contributed by atoms with E-state index in [1.54, 1.807) is 4.90 Å². The molecule has 0 aliphatic carbocycles. The molecule has 1 rings (SSSR count). The number of unbranched alkanes of at least 4 members (excludes halogenated alkanes) is 5. The van der Waals surface area contributed by atoms with Crippen LogP contribution in [0.3, 0.4) is 0 Å². The monoisotopic (exact) mass is 365 g/mol. The van der Waals surface area contributed by atoms with E-state index in [2.05, 4.69) is 11.2 Å². The number of phosphoric ester groups is 1. The maximum absolute atomic E-state index is 11.6. The summed E-state index contributed by atoms with van der Waals surface area (Å²) in [5, 5.41) is 0. The first kappa shape index (κ1) is 24.4. The van der Waals surface area contributed by atoms with Gasteiger partial charge >= 0.3 is 7.82 Å². The Bertz CT molecular complexity index is 368. The number of nitrogens with zero attached hydrogens (tertiary/aromatic N) is 1. The van der Waals surface area contributed by atoms with E-state index in [-0.39, 0.29) is 25.8 Å². The molecule has 0 saturated carbocycles. The summed E-state index contributed by atoms with van der Waals surface area (Å²) in [5.41, 5.74) is 0. The van der Waals surface area contributed by atoms with Crippen LogP contribution in [-0.2, 0) is 22.5 Å². The number of quaternary nitrogens is 2. The van der Waals surface area contributed by atoms with E-state index < -0.39 is 15.6 Å². The first-order valence-corrected chi connectivity index (χ1v) is 9.61. The first-order chi connectivity index (χ1) is 9.35. The van der Waals surface area contributed by atoms with Crippen molar-refractivity contribution in [3.63, 3.8) is 0 Å². The average molecular weight is 365 g/mol. The molecule has 1 aliphatic heterocycles. The Morgan fingerprint density at radius 2 is 1.59 bits per heavy atom. The van der Waals surface area contributed by atoms with Crippen molar-refractivity contribution < 1.29 is 32.3 Å². The van der Waals surface area contributed by atoms with Gasteiger partial charge in [0.25, 0.3) is 0 Å². The molecule has 1 saturated heterocycles. The number of phosphoric acid groups is 2. The summed E-state index contributed by atoms with van der Waals surface area (Å²) in [6, 6.07) is 0. The third-order valence-electron chi connectivity index (χ3n) is 2.82. The van der Waals surface area contributed by atoms with Crippen molar-refractivity contribution >= 4 is 15.6 Å². The van der Waals surface area contributed by atoms with Gasteiger partial charge in [0.15, 0.2) is 0 Å². The van der Waals surface area contributed by atoms with Gasteiger partial charge in [-0.25, -0.2) is 4.57 Å². The van der Waals surface area contributed by atoms with Gasteiger partial charge in [-0.1, -0.05) is 39.0 Å². The Kier molecular flexibility index (Phi) is 12.9. The lowest BCUT2D eigenvalue weighted by Gasteiger charge is -2.36. The molecule has 136 valence electrons. The van der Waals surface area contributed by atoms with E-state index in [9.17, 15) is 18.9 Å². The van der Waals surface area contributed by atoms with Crippen molar-refractivity contribution in [3.05, 3.63) is 0 Å². The van der Waals surface area contributed by atoms with Crippen LogP contribution in [0.5, 0.6) is 0 Å². The quantitative estimate of drug-likeness (QED) is 0.460. The highest BCUT2D eigenvalue weighted by molar-refractivity contribution is 7.60. The predicted molar refractivity (Wildman–Crippen MR) is 80.3 cm³/mol. The topological polar surface area (TPSA) is 184 Å². The van der Waals surface area contributed by atoms with Crippen LogP contribution < -0.4 is 22.1 Å². The van der Waals surface area contributed by atoms with Crippen LogP contribution in [0.4, 0.5) is 0 Å². The molecule has 10 nitrogen and oxygen atoms in total. The van der Waals surface area contributed by atoms with E-state index in [4.69, 9.17) is 9.05 Å². The van der Waals surface area contributed by atoms with Crippen molar-refractivity contribution in [1.29, 1.82) is 0 Å². The SMILES string of the molecule is CCCCCCCCN1COP(=O)(OP(=O)([O-])[O-])OC1.[NH4+].[NH4+]. The Hall–Kier alpha value is 0.140. The Morgan fingerprint density at radius 1 is 1.09 bits per heavy atom. The molecule has 22 heavy (non-hydrogen) atoms. The van der Waals surface area contributed by atoms with Crippen molar-refractivity contribution in [3.8, 4) is 0 Å². The van der Waals surface area contributed by atoms with E-state index in [1.165, 1.54) is 25.7 Å². The van der Waals surface area contributed by atoms with Crippen molar-refractivity contribution in [2.24, 2.45) is 0 Å². The number of hydrogen-bond donors (Lipinski definition) is 2. The van der Waals surface area contributed by atoms with E-state index in [0.717, 1.165) is 12.8 Å². The summed E-state index contributed by atoms with van der Waals surface area (Å²) in [7, 11) is -9.64. The number of hydrogen-bond acceptors (Lipinski definition) is 8. The van der Waals surface area contributed by atoms with Gasteiger partial charge in [-0.2, -0.15) is 0 Å². The Labute approximate surface area is 131 Å².